The van der Waals surface area contributed by atoms with E-state index in [1.54, 1.807) is 24.3 Å². The highest BCUT2D eigenvalue weighted by Gasteiger charge is 2.48. The van der Waals surface area contributed by atoms with E-state index in [1.165, 1.54) is 50.6 Å². The van der Waals surface area contributed by atoms with Crippen molar-refractivity contribution in [2.75, 3.05) is 19.1 Å². The van der Waals surface area contributed by atoms with Gasteiger partial charge in [0.2, 0.25) is 0 Å². The molecule has 0 saturated carbocycles. The summed E-state index contributed by atoms with van der Waals surface area (Å²) in [6.45, 7) is 0. The van der Waals surface area contributed by atoms with Gasteiger partial charge in [-0.15, -0.1) is 0 Å². The summed E-state index contributed by atoms with van der Waals surface area (Å²) in [6, 6.07) is 15.6. The lowest BCUT2D eigenvalue weighted by atomic mass is 9.94. The van der Waals surface area contributed by atoms with Crippen LogP contribution < -0.4 is 14.4 Å². The Labute approximate surface area is 194 Å². The van der Waals surface area contributed by atoms with Crippen LogP contribution in [-0.4, -0.2) is 31.0 Å². The number of aliphatic hydroxyl groups is 1. The van der Waals surface area contributed by atoms with Gasteiger partial charge >= 0.3 is 0 Å². The Kier molecular flexibility index (Phi) is 6.07. The predicted octanol–water partition coefficient (Wildman–Crippen LogP) is 5.12. The molecule has 1 aliphatic heterocycles. The minimum absolute atomic E-state index is 0.167. The molecule has 0 spiro atoms. The number of carbonyl (C=O) groups is 2. The molecule has 168 valence electrons. The largest absolute Gasteiger partial charge is 0.507 e. The number of amides is 1. The highest BCUT2D eigenvalue weighted by molar-refractivity contribution is 6.51. The van der Waals surface area contributed by atoms with E-state index in [9.17, 15) is 19.1 Å². The molecule has 1 fully saturated rings. The number of carbonyl (C=O) groups excluding carboxylic acids is 2. The fraction of sp³-hybridized carbons (Fsp3) is 0.120. The van der Waals surface area contributed by atoms with Gasteiger partial charge in [-0.25, -0.2) is 4.39 Å². The zero-order valence-electron chi connectivity index (χ0n) is 17.7. The van der Waals surface area contributed by atoms with Crippen LogP contribution >= 0.6 is 11.6 Å². The van der Waals surface area contributed by atoms with Crippen LogP contribution in [0.2, 0.25) is 5.02 Å². The molecule has 4 rings (SSSR count). The molecule has 1 aliphatic rings. The van der Waals surface area contributed by atoms with Crippen molar-refractivity contribution in [2.24, 2.45) is 0 Å². The van der Waals surface area contributed by atoms with Crippen LogP contribution in [0.15, 0.2) is 72.3 Å². The summed E-state index contributed by atoms with van der Waals surface area (Å²) in [6.07, 6.45) is 0. The van der Waals surface area contributed by atoms with Crippen LogP contribution in [-0.2, 0) is 9.59 Å². The molecule has 1 unspecified atom stereocenters. The number of anilines is 1. The molecule has 33 heavy (non-hydrogen) atoms. The van der Waals surface area contributed by atoms with Crippen molar-refractivity contribution < 1.29 is 28.6 Å². The van der Waals surface area contributed by atoms with Gasteiger partial charge in [0, 0.05) is 16.8 Å². The number of nitrogens with zero attached hydrogens (tertiary/aromatic N) is 1. The molecule has 1 amide bonds. The monoisotopic (exact) mass is 467 g/mol. The molecule has 1 saturated heterocycles. The molecule has 8 heteroatoms. The number of ketones is 1. The number of halogens is 2. The van der Waals surface area contributed by atoms with Crippen LogP contribution in [0, 0.1) is 5.82 Å². The number of aliphatic hydroxyl groups excluding tert-OH is 1. The number of methoxy groups -OCH3 is 2. The van der Waals surface area contributed by atoms with Gasteiger partial charge < -0.3 is 14.6 Å². The van der Waals surface area contributed by atoms with Crippen molar-refractivity contribution in [2.45, 2.75) is 6.04 Å². The van der Waals surface area contributed by atoms with Crippen LogP contribution in [0.3, 0.4) is 0 Å². The Balaban J connectivity index is 1.99. The van der Waals surface area contributed by atoms with E-state index in [1.807, 2.05) is 0 Å². The fourth-order valence-electron chi connectivity index (χ4n) is 3.87. The third-order valence-electron chi connectivity index (χ3n) is 5.39. The van der Waals surface area contributed by atoms with Gasteiger partial charge in [-0.3, -0.25) is 14.5 Å². The zero-order chi connectivity index (χ0) is 23.7. The zero-order valence-corrected chi connectivity index (χ0v) is 18.5. The number of benzene rings is 3. The molecular formula is C25H19ClFNO5. The molecular weight excluding hydrogens is 449 g/mol. The second kappa shape index (κ2) is 8.96. The van der Waals surface area contributed by atoms with Crippen LogP contribution in [0.25, 0.3) is 5.76 Å². The smallest absolute Gasteiger partial charge is 0.300 e. The molecule has 1 N–H and O–H groups in total. The summed E-state index contributed by atoms with van der Waals surface area (Å²) in [5.41, 5.74) is 0.679. The normalized spacial score (nSPS) is 17.3. The molecule has 0 bridgehead atoms. The van der Waals surface area contributed by atoms with E-state index in [2.05, 4.69) is 0 Å². The highest BCUT2D eigenvalue weighted by Crippen LogP contribution is 2.45. The van der Waals surface area contributed by atoms with Crippen LogP contribution in [0.4, 0.5) is 10.1 Å². The lowest BCUT2D eigenvalue weighted by Crippen LogP contribution is -2.29. The number of rotatable bonds is 5. The maximum absolute atomic E-state index is 14.0. The average Bonchev–Trinajstić information content (AvgIpc) is 3.09. The standard InChI is InChI=1S/C25H19ClFNO5/c1-32-19-9-4-3-8-17(19)22-21(23(29)14-10-11-18(26)20(12-14)33-2)24(30)25(31)28(22)16-7-5-6-15(27)13-16/h3-13,22,29H,1-2H3/b23-21+. The van der Waals surface area contributed by atoms with Gasteiger partial charge in [-0.05, 0) is 42.5 Å². The predicted molar refractivity (Wildman–Crippen MR) is 122 cm³/mol. The molecule has 0 aromatic heterocycles. The topological polar surface area (TPSA) is 76.1 Å². The summed E-state index contributed by atoms with van der Waals surface area (Å²) >= 11 is 6.09. The maximum Gasteiger partial charge on any atom is 0.300 e. The Morgan fingerprint density at radius 3 is 2.39 bits per heavy atom. The summed E-state index contributed by atoms with van der Waals surface area (Å²) in [7, 11) is 2.88. The lowest BCUT2D eigenvalue weighted by Gasteiger charge is -2.26. The summed E-state index contributed by atoms with van der Waals surface area (Å²) in [5, 5.41) is 11.5. The number of ether oxygens (including phenoxy) is 2. The second-order valence-electron chi connectivity index (χ2n) is 7.24. The molecule has 0 radical (unpaired) electrons. The lowest BCUT2D eigenvalue weighted by molar-refractivity contribution is -0.132. The molecule has 3 aromatic carbocycles. The van der Waals surface area contributed by atoms with E-state index in [0.717, 1.165) is 11.0 Å². The number of hydrogen-bond donors (Lipinski definition) is 1. The minimum Gasteiger partial charge on any atom is -0.507 e. The molecule has 6 nitrogen and oxygen atoms in total. The van der Waals surface area contributed by atoms with Gasteiger partial charge in [-0.1, -0.05) is 35.9 Å². The number of hydrogen-bond acceptors (Lipinski definition) is 5. The Morgan fingerprint density at radius 1 is 0.970 bits per heavy atom. The molecule has 3 aromatic rings. The highest BCUT2D eigenvalue weighted by atomic mass is 35.5. The fourth-order valence-corrected chi connectivity index (χ4v) is 4.07. The van der Waals surface area contributed by atoms with Crippen molar-refractivity contribution in [3.05, 3.63) is 94.3 Å². The quantitative estimate of drug-likeness (QED) is 0.320. The average molecular weight is 468 g/mol. The Morgan fingerprint density at radius 2 is 1.70 bits per heavy atom. The van der Waals surface area contributed by atoms with E-state index >= 15 is 0 Å². The first kappa shape index (κ1) is 22.4. The number of Topliss-reactive ketones (excluding diaryl/α,β-unsaturated/α-hetero) is 1. The molecule has 0 aliphatic carbocycles. The van der Waals surface area contributed by atoms with Gasteiger partial charge in [-0.2, -0.15) is 0 Å². The van der Waals surface area contributed by atoms with Gasteiger partial charge in [0.05, 0.1) is 30.9 Å². The van der Waals surface area contributed by atoms with E-state index in [4.69, 9.17) is 21.1 Å². The molecule has 1 heterocycles. The first-order valence-corrected chi connectivity index (χ1v) is 10.3. The van der Waals surface area contributed by atoms with Crippen LogP contribution in [0.5, 0.6) is 11.5 Å². The third kappa shape index (κ3) is 3.91. The SMILES string of the molecule is COc1cc(/C(O)=C2\C(=O)C(=O)N(c3cccc(F)c3)C2c2ccccc2OC)ccc1Cl. The van der Waals surface area contributed by atoms with Crippen molar-refractivity contribution in [3.8, 4) is 11.5 Å². The van der Waals surface area contributed by atoms with Crippen molar-refractivity contribution in [3.63, 3.8) is 0 Å². The minimum atomic E-state index is -1.07. The maximum atomic E-state index is 14.0. The summed E-state index contributed by atoms with van der Waals surface area (Å²) in [4.78, 5) is 27.5. The second-order valence-corrected chi connectivity index (χ2v) is 7.65. The van der Waals surface area contributed by atoms with Crippen LogP contribution in [0.1, 0.15) is 17.2 Å². The summed E-state index contributed by atoms with van der Waals surface area (Å²) < 4.78 is 24.7. The first-order valence-electron chi connectivity index (χ1n) is 9.90. The van der Waals surface area contributed by atoms with E-state index in [0.29, 0.717) is 16.3 Å². The van der Waals surface area contributed by atoms with E-state index < -0.39 is 29.3 Å². The van der Waals surface area contributed by atoms with Gasteiger partial charge in [0.25, 0.3) is 11.7 Å². The summed E-state index contributed by atoms with van der Waals surface area (Å²) in [5.74, 6) is -2.13. The van der Waals surface area contributed by atoms with E-state index in [-0.39, 0.29) is 22.6 Å². The van der Waals surface area contributed by atoms with Gasteiger partial charge in [0.15, 0.2) is 0 Å². The van der Waals surface area contributed by atoms with Gasteiger partial charge in [0.1, 0.15) is 23.1 Å². The van der Waals surface area contributed by atoms with Crippen molar-refractivity contribution in [1.29, 1.82) is 0 Å². The Bertz CT molecular complexity index is 1290. The molecule has 1 atom stereocenters. The Hall–Kier alpha value is -3.84. The van der Waals surface area contributed by atoms with Crippen molar-refractivity contribution in [1.82, 2.24) is 0 Å². The third-order valence-corrected chi connectivity index (χ3v) is 5.70. The first-order chi connectivity index (χ1) is 15.9. The number of para-hydroxylation sites is 1. The van der Waals surface area contributed by atoms with Crippen molar-refractivity contribution >= 4 is 34.7 Å².